The van der Waals surface area contributed by atoms with Crippen molar-refractivity contribution in [2.45, 2.75) is 32.9 Å². The van der Waals surface area contributed by atoms with Gasteiger partial charge in [-0.05, 0) is 61.7 Å². The van der Waals surface area contributed by atoms with Crippen LogP contribution in [0.5, 0.6) is 23.0 Å². The molecule has 1 aliphatic heterocycles. The molecule has 1 heterocycles. The molecule has 1 amide bonds. The third-order valence-corrected chi connectivity index (χ3v) is 4.65. The van der Waals surface area contributed by atoms with Crippen molar-refractivity contribution in [3.63, 3.8) is 0 Å². The summed E-state index contributed by atoms with van der Waals surface area (Å²) in [5.41, 5.74) is 2.42. The Kier molecular flexibility index (Phi) is 7.40. The van der Waals surface area contributed by atoms with Gasteiger partial charge in [-0.1, -0.05) is 12.1 Å². The quantitative estimate of drug-likeness (QED) is 0.362. The van der Waals surface area contributed by atoms with Crippen LogP contribution >= 0.6 is 0 Å². The van der Waals surface area contributed by atoms with Gasteiger partial charge >= 0.3 is 0 Å². The number of carbonyl (C=O) groups is 1. The number of nitrogens with zero attached hydrogens (tertiary/aromatic N) is 1. The highest BCUT2D eigenvalue weighted by atomic mass is 16.7. The van der Waals surface area contributed by atoms with Crippen molar-refractivity contribution in [1.82, 2.24) is 5.32 Å². The Morgan fingerprint density at radius 2 is 2.06 bits per heavy atom. The van der Waals surface area contributed by atoms with Gasteiger partial charge in [0.05, 0.1) is 7.11 Å². The van der Waals surface area contributed by atoms with Crippen LogP contribution in [-0.4, -0.2) is 25.9 Å². The van der Waals surface area contributed by atoms with Crippen LogP contribution in [0.4, 0.5) is 0 Å². The lowest BCUT2D eigenvalue weighted by Gasteiger charge is -2.16. The minimum Gasteiger partial charge on any atom is -0.493 e. The van der Waals surface area contributed by atoms with E-state index in [1.807, 2.05) is 44.2 Å². The van der Waals surface area contributed by atoms with Gasteiger partial charge < -0.3 is 24.3 Å². The van der Waals surface area contributed by atoms with Crippen LogP contribution in [0.25, 0.3) is 6.08 Å². The molecule has 1 aliphatic rings. The molecule has 32 heavy (non-hydrogen) atoms. The number of allylic oxidation sites excluding steroid dienone is 1. The highest BCUT2D eigenvalue weighted by Crippen LogP contribution is 2.36. The summed E-state index contributed by atoms with van der Waals surface area (Å²) >= 11 is 0. The first-order chi connectivity index (χ1) is 15.4. The average Bonchev–Trinajstić information content (AvgIpc) is 3.24. The number of hydrogen-bond donors (Lipinski definition) is 1. The van der Waals surface area contributed by atoms with E-state index >= 15 is 0 Å². The van der Waals surface area contributed by atoms with Gasteiger partial charge in [-0.15, -0.1) is 6.58 Å². The monoisotopic (exact) mass is 434 g/mol. The maximum atomic E-state index is 12.3. The van der Waals surface area contributed by atoms with Gasteiger partial charge in [0.1, 0.15) is 18.2 Å². The molecular weight excluding hydrogens is 408 g/mol. The van der Waals surface area contributed by atoms with E-state index in [1.54, 1.807) is 19.3 Å². The fourth-order valence-electron chi connectivity index (χ4n) is 3.23. The van der Waals surface area contributed by atoms with Crippen LogP contribution in [0.2, 0.25) is 0 Å². The normalized spacial score (nSPS) is 12.3. The molecular formula is C25H26N2O5. The summed E-state index contributed by atoms with van der Waals surface area (Å²) in [6.45, 7) is 8.01. The van der Waals surface area contributed by atoms with Crippen LogP contribution in [0.3, 0.4) is 0 Å². The van der Waals surface area contributed by atoms with Crippen LogP contribution < -0.4 is 24.3 Å². The Labute approximate surface area is 187 Å². The SMILES string of the molecule is C=CCc1cc(/C=C(/C#N)C(=O)NC(C)C)cc(OC)c1OCc1ccc2c(c1)OCO2. The average molecular weight is 434 g/mol. The minimum atomic E-state index is -0.421. The first-order valence-corrected chi connectivity index (χ1v) is 10.2. The molecule has 0 saturated carbocycles. The fraction of sp³-hybridized carbons (Fsp3) is 0.280. The molecule has 3 rings (SSSR count). The topological polar surface area (TPSA) is 89.8 Å². The van der Waals surface area contributed by atoms with Gasteiger partial charge in [-0.25, -0.2) is 0 Å². The molecule has 7 nitrogen and oxygen atoms in total. The van der Waals surface area contributed by atoms with Crippen LogP contribution in [0.1, 0.15) is 30.5 Å². The summed E-state index contributed by atoms with van der Waals surface area (Å²) in [6.07, 6.45) is 3.81. The zero-order valence-corrected chi connectivity index (χ0v) is 18.4. The minimum absolute atomic E-state index is 0.0133. The predicted octanol–water partition coefficient (Wildman–Crippen LogP) is 4.16. The van der Waals surface area contributed by atoms with Gasteiger partial charge in [-0.2, -0.15) is 5.26 Å². The molecule has 0 saturated heterocycles. The lowest BCUT2D eigenvalue weighted by Crippen LogP contribution is -2.30. The molecule has 2 aromatic carbocycles. The van der Waals surface area contributed by atoms with E-state index in [0.717, 1.165) is 11.1 Å². The van der Waals surface area contributed by atoms with E-state index in [1.165, 1.54) is 6.08 Å². The van der Waals surface area contributed by atoms with Gasteiger partial charge in [0.15, 0.2) is 23.0 Å². The number of carbonyl (C=O) groups excluding carboxylic acids is 1. The van der Waals surface area contributed by atoms with E-state index in [0.29, 0.717) is 41.6 Å². The van der Waals surface area contributed by atoms with Crippen molar-refractivity contribution in [1.29, 1.82) is 5.26 Å². The smallest absolute Gasteiger partial charge is 0.262 e. The summed E-state index contributed by atoms with van der Waals surface area (Å²) < 4.78 is 22.4. The maximum Gasteiger partial charge on any atom is 0.262 e. The van der Waals surface area contributed by atoms with Crippen molar-refractivity contribution in [2.24, 2.45) is 0 Å². The zero-order chi connectivity index (χ0) is 23.1. The molecule has 0 atom stereocenters. The molecule has 0 aromatic heterocycles. The second kappa shape index (κ2) is 10.4. The fourth-order valence-corrected chi connectivity index (χ4v) is 3.23. The van der Waals surface area contributed by atoms with Crippen molar-refractivity contribution in [3.05, 3.63) is 65.3 Å². The molecule has 0 unspecified atom stereocenters. The Morgan fingerprint density at radius 3 is 2.75 bits per heavy atom. The van der Waals surface area contributed by atoms with Gasteiger partial charge in [-0.3, -0.25) is 4.79 Å². The Hall–Kier alpha value is -3.92. The summed E-state index contributed by atoms with van der Waals surface area (Å²) in [7, 11) is 1.55. The van der Waals surface area contributed by atoms with Gasteiger partial charge in [0, 0.05) is 11.6 Å². The summed E-state index contributed by atoms with van der Waals surface area (Å²) in [4.78, 5) is 12.3. The summed E-state index contributed by atoms with van der Waals surface area (Å²) in [6, 6.07) is 11.1. The molecule has 0 bridgehead atoms. The molecule has 0 radical (unpaired) electrons. The van der Waals surface area contributed by atoms with E-state index in [4.69, 9.17) is 18.9 Å². The van der Waals surface area contributed by atoms with Crippen LogP contribution in [0, 0.1) is 11.3 Å². The third-order valence-electron chi connectivity index (χ3n) is 4.65. The van der Waals surface area contributed by atoms with E-state index in [-0.39, 0.29) is 18.4 Å². The van der Waals surface area contributed by atoms with Crippen molar-refractivity contribution in [3.8, 4) is 29.1 Å². The number of hydrogen-bond acceptors (Lipinski definition) is 6. The number of ether oxygens (including phenoxy) is 4. The Morgan fingerprint density at radius 1 is 1.28 bits per heavy atom. The van der Waals surface area contributed by atoms with Crippen molar-refractivity contribution < 1.29 is 23.7 Å². The highest BCUT2D eigenvalue weighted by molar-refractivity contribution is 6.01. The van der Waals surface area contributed by atoms with Crippen molar-refractivity contribution in [2.75, 3.05) is 13.9 Å². The van der Waals surface area contributed by atoms with Gasteiger partial charge in [0.2, 0.25) is 6.79 Å². The van der Waals surface area contributed by atoms with Crippen LogP contribution in [0.15, 0.2) is 48.6 Å². The molecule has 1 N–H and O–H groups in total. The maximum absolute atomic E-state index is 12.3. The first-order valence-electron chi connectivity index (χ1n) is 10.2. The highest BCUT2D eigenvalue weighted by Gasteiger charge is 2.17. The number of benzene rings is 2. The van der Waals surface area contributed by atoms with Gasteiger partial charge in [0.25, 0.3) is 5.91 Å². The lowest BCUT2D eigenvalue weighted by molar-refractivity contribution is -0.117. The first kappa shape index (κ1) is 22.8. The van der Waals surface area contributed by atoms with E-state index < -0.39 is 5.91 Å². The van der Waals surface area contributed by atoms with Crippen molar-refractivity contribution >= 4 is 12.0 Å². The number of rotatable bonds is 9. The number of methoxy groups -OCH3 is 1. The zero-order valence-electron chi connectivity index (χ0n) is 18.4. The molecule has 0 aliphatic carbocycles. The van der Waals surface area contributed by atoms with E-state index in [2.05, 4.69) is 11.9 Å². The standard InChI is InChI=1S/C25H26N2O5/c1-5-6-19-9-18(10-20(13-26)25(28)27-16(2)3)12-23(29-4)24(19)30-14-17-7-8-21-22(11-17)32-15-31-21/h5,7-12,16H,1,6,14-15H2,2-4H3,(H,27,28)/b20-10-. The largest absolute Gasteiger partial charge is 0.493 e. The molecule has 2 aromatic rings. The predicted molar refractivity (Wildman–Crippen MR) is 121 cm³/mol. The molecule has 166 valence electrons. The third kappa shape index (κ3) is 5.41. The van der Waals surface area contributed by atoms with Crippen LogP contribution in [-0.2, 0) is 17.8 Å². The molecule has 0 spiro atoms. The Bertz CT molecular complexity index is 1080. The Balaban J connectivity index is 1.89. The second-order valence-corrected chi connectivity index (χ2v) is 7.48. The molecule has 0 fully saturated rings. The number of fused-ring (bicyclic) bond motifs is 1. The molecule has 7 heteroatoms. The van der Waals surface area contributed by atoms with E-state index in [9.17, 15) is 10.1 Å². The number of amides is 1. The lowest BCUT2D eigenvalue weighted by atomic mass is 10.0. The summed E-state index contributed by atoms with van der Waals surface area (Å²) in [5, 5.41) is 12.2. The summed E-state index contributed by atoms with van der Waals surface area (Å²) in [5.74, 6) is 2.05. The number of nitriles is 1. The second-order valence-electron chi connectivity index (χ2n) is 7.48. The number of nitrogens with one attached hydrogen (secondary N) is 1.